The highest BCUT2D eigenvalue weighted by Gasteiger charge is 1.99. The number of nitriles is 1. The van der Waals surface area contributed by atoms with E-state index in [1.165, 1.54) is 0 Å². The Hall–Kier alpha value is -1.53. The molecule has 1 aromatic carbocycles. The lowest BCUT2D eigenvalue weighted by atomic mass is 10.2. The molecule has 1 aromatic rings. The Morgan fingerprint density at radius 1 is 1.36 bits per heavy atom. The Balaban J connectivity index is 2.72. The number of hydrogen-bond acceptors (Lipinski definition) is 3. The fourth-order valence-corrected chi connectivity index (χ4v) is 1.22. The standard InChI is InChI=1S/C11H15N3/c1-3-14(4-2)13-11-7-5-6-10(8-11)9-12/h5-8,13H,3-4H2,1-2H3. The quantitative estimate of drug-likeness (QED) is 0.738. The minimum absolute atomic E-state index is 0.683. The Morgan fingerprint density at radius 2 is 2.07 bits per heavy atom. The first kappa shape index (κ1) is 10.6. The molecule has 0 fully saturated rings. The average Bonchev–Trinajstić information content (AvgIpc) is 2.26. The maximum absolute atomic E-state index is 8.72. The van der Waals surface area contributed by atoms with Gasteiger partial charge in [-0.25, -0.2) is 5.01 Å². The monoisotopic (exact) mass is 189 g/mol. The lowest BCUT2D eigenvalue weighted by Gasteiger charge is -2.20. The van der Waals surface area contributed by atoms with E-state index in [1.54, 1.807) is 6.07 Å². The fraction of sp³-hybridized carbons (Fsp3) is 0.364. The van der Waals surface area contributed by atoms with Crippen molar-refractivity contribution in [1.82, 2.24) is 5.01 Å². The predicted octanol–water partition coefficient (Wildman–Crippen LogP) is 2.23. The van der Waals surface area contributed by atoms with Crippen LogP contribution in [0.5, 0.6) is 0 Å². The second kappa shape index (κ2) is 5.25. The highest BCUT2D eigenvalue weighted by molar-refractivity contribution is 5.48. The molecule has 0 aliphatic carbocycles. The van der Waals surface area contributed by atoms with Crippen LogP contribution in [0.4, 0.5) is 5.69 Å². The van der Waals surface area contributed by atoms with Crippen LogP contribution in [0.25, 0.3) is 0 Å². The number of anilines is 1. The number of nitrogens with zero attached hydrogens (tertiary/aromatic N) is 2. The van der Waals surface area contributed by atoms with Crippen LogP contribution in [0.15, 0.2) is 24.3 Å². The van der Waals surface area contributed by atoms with Gasteiger partial charge in [0, 0.05) is 13.1 Å². The second-order valence-corrected chi connectivity index (χ2v) is 2.98. The van der Waals surface area contributed by atoms with Crippen LogP contribution in [0.2, 0.25) is 0 Å². The maximum Gasteiger partial charge on any atom is 0.0992 e. The molecule has 0 aliphatic rings. The molecule has 14 heavy (non-hydrogen) atoms. The molecule has 0 bridgehead atoms. The van der Waals surface area contributed by atoms with Gasteiger partial charge < -0.3 is 5.43 Å². The Bertz CT molecular complexity index is 324. The van der Waals surface area contributed by atoms with Gasteiger partial charge in [0.25, 0.3) is 0 Å². The van der Waals surface area contributed by atoms with E-state index in [0.717, 1.165) is 18.8 Å². The van der Waals surface area contributed by atoms with E-state index < -0.39 is 0 Å². The molecule has 3 nitrogen and oxygen atoms in total. The van der Waals surface area contributed by atoms with E-state index >= 15 is 0 Å². The average molecular weight is 189 g/mol. The summed E-state index contributed by atoms with van der Waals surface area (Å²) in [6.45, 7) is 6.05. The molecule has 0 aromatic heterocycles. The van der Waals surface area contributed by atoms with E-state index in [0.29, 0.717) is 5.56 Å². The Labute approximate surface area is 84.9 Å². The van der Waals surface area contributed by atoms with Crippen molar-refractivity contribution >= 4 is 5.69 Å². The van der Waals surface area contributed by atoms with Crippen LogP contribution in [0.1, 0.15) is 19.4 Å². The molecule has 1 N–H and O–H groups in total. The van der Waals surface area contributed by atoms with Gasteiger partial charge in [-0.15, -0.1) is 0 Å². The topological polar surface area (TPSA) is 39.1 Å². The highest BCUT2D eigenvalue weighted by atomic mass is 15.5. The summed E-state index contributed by atoms with van der Waals surface area (Å²) in [6.07, 6.45) is 0. The van der Waals surface area contributed by atoms with Gasteiger partial charge >= 0.3 is 0 Å². The minimum Gasteiger partial charge on any atom is -0.319 e. The summed E-state index contributed by atoms with van der Waals surface area (Å²) < 4.78 is 0. The number of hydrazine groups is 1. The van der Waals surface area contributed by atoms with E-state index in [2.05, 4.69) is 30.4 Å². The summed E-state index contributed by atoms with van der Waals surface area (Å²) in [5.74, 6) is 0. The second-order valence-electron chi connectivity index (χ2n) is 2.98. The van der Waals surface area contributed by atoms with E-state index in [9.17, 15) is 0 Å². The third-order valence-corrected chi connectivity index (χ3v) is 2.04. The summed E-state index contributed by atoms with van der Waals surface area (Å²) in [7, 11) is 0. The number of hydrogen-bond donors (Lipinski definition) is 1. The van der Waals surface area contributed by atoms with Crippen molar-refractivity contribution in [3.05, 3.63) is 29.8 Å². The van der Waals surface area contributed by atoms with Crippen molar-refractivity contribution in [3.8, 4) is 6.07 Å². The van der Waals surface area contributed by atoms with Gasteiger partial charge in [-0.1, -0.05) is 19.9 Å². The first-order chi connectivity index (χ1) is 6.80. The van der Waals surface area contributed by atoms with Crippen LogP contribution in [-0.2, 0) is 0 Å². The Kier molecular flexibility index (Phi) is 3.96. The molecule has 3 heteroatoms. The molecular formula is C11H15N3. The molecule has 74 valence electrons. The Morgan fingerprint density at radius 3 is 2.64 bits per heavy atom. The molecule has 1 rings (SSSR count). The first-order valence-corrected chi connectivity index (χ1v) is 4.82. The molecule has 0 heterocycles. The fourth-order valence-electron chi connectivity index (χ4n) is 1.22. The van der Waals surface area contributed by atoms with Crippen molar-refractivity contribution < 1.29 is 0 Å². The third-order valence-electron chi connectivity index (χ3n) is 2.04. The zero-order valence-corrected chi connectivity index (χ0v) is 8.62. The summed E-state index contributed by atoms with van der Waals surface area (Å²) in [4.78, 5) is 0. The van der Waals surface area contributed by atoms with Gasteiger partial charge in [-0.05, 0) is 18.2 Å². The summed E-state index contributed by atoms with van der Waals surface area (Å²) in [5.41, 5.74) is 4.88. The zero-order valence-electron chi connectivity index (χ0n) is 8.62. The van der Waals surface area contributed by atoms with Gasteiger partial charge in [0.15, 0.2) is 0 Å². The van der Waals surface area contributed by atoms with Crippen LogP contribution in [0.3, 0.4) is 0 Å². The van der Waals surface area contributed by atoms with Gasteiger partial charge in [0.1, 0.15) is 0 Å². The lowest BCUT2D eigenvalue weighted by molar-refractivity contribution is 0.367. The molecule has 0 atom stereocenters. The largest absolute Gasteiger partial charge is 0.319 e. The highest BCUT2D eigenvalue weighted by Crippen LogP contribution is 2.10. The predicted molar refractivity (Wildman–Crippen MR) is 57.7 cm³/mol. The van der Waals surface area contributed by atoms with Crippen LogP contribution >= 0.6 is 0 Å². The summed E-state index contributed by atoms with van der Waals surface area (Å²) in [6, 6.07) is 9.60. The van der Waals surface area contributed by atoms with Crippen molar-refractivity contribution in [2.45, 2.75) is 13.8 Å². The summed E-state index contributed by atoms with van der Waals surface area (Å²) in [5, 5.41) is 10.8. The normalized spacial score (nSPS) is 9.86. The van der Waals surface area contributed by atoms with Gasteiger partial charge in [-0.3, -0.25) is 0 Å². The molecule has 0 unspecified atom stereocenters. The van der Waals surface area contributed by atoms with Gasteiger partial charge in [0.05, 0.1) is 17.3 Å². The van der Waals surface area contributed by atoms with Gasteiger partial charge in [0.2, 0.25) is 0 Å². The van der Waals surface area contributed by atoms with E-state index in [4.69, 9.17) is 5.26 Å². The molecular weight excluding hydrogens is 174 g/mol. The zero-order chi connectivity index (χ0) is 10.4. The molecule has 0 saturated heterocycles. The minimum atomic E-state index is 0.683. The number of nitrogens with one attached hydrogen (secondary N) is 1. The van der Waals surface area contributed by atoms with E-state index in [-0.39, 0.29) is 0 Å². The maximum atomic E-state index is 8.72. The van der Waals surface area contributed by atoms with Crippen LogP contribution in [-0.4, -0.2) is 18.1 Å². The first-order valence-electron chi connectivity index (χ1n) is 4.82. The van der Waals surface area contributed by atoms with E-state index in [1.807, 2.05) is 18.2 Å². The van der Waals surface area contributed by atoms with Crippen molar-refractivity contribution in [2.75, 3.05) is 18.5 Å². The number of benzene rings is 1. The molecule has 0 spiro atoms. The number of rotatable bonds is 4. The van der Waals surface area contributed by atoms with Crippen molar-refractivity contribution in [3.63, 3.8) is 0 Å². The van der Waals surface area contributed by atoms with Crippen molar-refractivity contribution in [1.29, 1.82) is 5.26 Å². The van der Waals surface area contributed by atoms with Crippen LogP contribution in [0, 0.1) is 11.3 Å². The lowest BCUT2D eigenvalue weighted by Crippen LogP contribution is -2.29. The van der Waals surface area contributed by atoms with Crippen molar-refractivity contribution in [2.24, 2.45) is 0 Å². The molecule has 0 aliphatic heterocycles. The van der Waals surface area contributed by atoms with Crippen LogP contribution < -0.4 is 5.43 Å². The molecule has 0 amide bonds. The smallest absolute Gasteiger partial charge is 0.0992 e. The molecule has 0 radical (unpaired) electrons. The third kappa shape index (κ3) is 2.75. The molecule has 0 saturated carbocycles. The van der Waals surface area contributed by atoms with Gasteiger partial charge in [-0.2, -0.15) is 5.26 Å². The SMILES string of the molecule is CCN(CC)Nc1cccc(C#N)c1. The summed E-state index contributed by atoms with van der Waals surface area (Å²) >= 11 is 0.